The second-order valence-electron chi connectivity index (χ2n) is 5.85. The molecule has 0 saturated carbocycles. The first kappa shape index (κ1) is 17.4. The second kappa shape index (κ2) is 7.41. The Hall–Kier alpha value is -2.61. The predicted molar refractivity (Wildman–Crippen MR) is 83.7 cm³/mol. The van der Waals surface area contributed by atoms with Crippen molar-refractivity contribution >= 4 is 18.0 Å². The van der Waals surface area contributed by atoms with E-state index < -0.39 is 11.6 Å². The molecule has 1 aromatic rings. The van der Waals surface area contributed by atoms with Crippen LogP contribution >= 0.6 is 0 Å². The van der Waals surface area contributed by atoms with Crippen LogP contribution in [0.25, 0.3) is 6.08 Å². The number of rotatable bonds is 4. The van der Waals surface area contributed by atoms with Crippen LogP contribution in [0, 0.1) is 11.3 Å². The molecular weight excluding hydrogens is 280 g/mol. The monoisotopic (exact) mass is 300 g/mol. The molecule has 0 N–H and O–H groups in total. The van der Waals surface area contributed by atoms with Crippen LogP contribution in [0.3, 0.4) is 0 Å². The molecule has 0 aliphatic rings. The lowest BCUT2D eigenvalue weighted by atomic mass is 10.1. The van der Waals surface area contributed by atoms with E-state index in [1.807, 2.05) is 6.07 Å². The summed E-state index contributed by atoms with van der Waals surface area (Å²) < 4.78 is 5.16. The Morgan fingerprint density at radius 2 is 2.05 bits per heavy atom. The van der Waals surface area contributed by atoms with Crippen molar-refractivity contribution in [2.45, 2.75) is 26.4 Å². The van der Waals surface area contributed by atoms with Gasteiger partial charge in [0, 0.05) is 13.1 Å². The lowest BCUT2D eigenvalue weighted by Gasteiger charge is -2.22. The molecule has 0 atom stereocenters. The molecule has 0 aromatic heterocycles. The van der Waals surface area contributed by atoms with Gasteiger partial charge in [-0.2, -0.15) is 5.26 Å². The molecule has 22 heavy (non-hydrogen) atoms. The molecule has 1 rings (SSSR count). The topological polar surface area (TPSA) is 70.4 Å². The maximum Gasteiger partial charge on any atom is 0.326 e. The number of ether oxygens (including phenoxy) is 1. The minimum atomic E-state index is -0.575. The average molecular weight is 300 g/mol. The summed E-state index contributed by atoms with van der Waals surface area (Å²) in [5.74, 6) is -0.767. The van der Waals surface area contributed by atoms with Crippen LogP contribution in [0.15, 0.2) is 30.3 Å². The zero-order valence-corrected chi connectivity index (χ0v) is 13.3. The van der Waals surface area contributed by atoms with Gasteiger partial charge in [-0.15, -0.1) is 0 Å². The molecule has 1 amide bonds. The van der Waals surface area contributed by atoms with Crippen molar-refractivity contribution in [1.29, 1.82) is 5.26 Å². The second-order valence-corrected chi connectivity index (χ2v) is 5.85. The van der Waals surface area contributed by atoms with Crippen LogP contribution in [0.5, 0.6) is 0 Å². The van der Waals surface area contributed by atoms with E-state index in [4.69, 9.17) is 10.00 Å². The summed E-state index contributed by atoms with van der Waals surface area (Å²) in [5, 5.41) is 8.82. The van der Waals surface area contributed by atoms with Crippen molar-refractivity contribution < 1.29 is 14.3 Å². The van der Waals surface area contributed by atoms with Crippen LogP contribution in [0.1, 0.15) is 31.9 Å². The van der Waals surface area contributed by atoms with E-state index in [1.54, 1.807) is 51.1 Å². The molecule has 0 saturated heterocycles. The Kier molecular flexibility index (Phi) is 5.88. The maximum atomic E-state index is 11.9. The quantitative estimate of drug-likeness (QED) is 0.632. The Balaban J connectivity index is 2.62. The molecule has 0 aliphatic carbocycles. The number of esters is 1. The Labute approximate surface area is 130 Å². The minimum absolute atomic E-state index is 0.112. The number of hydrogen-bond acceptors (Lipinski definition) is 4. The average Bonchev–Trinajstić information content (AvgIpc) is 2.42. The van der Waals surface area contributed by atoms with Gasteiger partial charge in [0.15, 0.2) is 0 Å². The van der Waals surface area contributed by atoms with Crippen LogP contribution in [0.4, 0.5) is 0 Å². The zero-order chi connectivity index (χ0) is 16.8. The molecule has 0 bridgehead atoms. The van der Waals surface area contributed by atoms with Crippen molar-refractivity contribution in [3.8, 4) is 6.07 Å². The lowest BCUT2D eigenvalue weighted by Crippen LogP contribution is -2.35. The number of hydrogen-bond donors (Lipinski definition) is 0. The Bertz CT molecular complexity index is 622. The number of carbonyl (C=O) groups is 2. The van der Waals surface area contributed by atoms with E-state index in [1.165, 1.54) is 18.0 Å². The van der Waals surface area contributed by atoms with Gasteiger partial charge in [0.25, 0.3) is 0 Å². The summed E-state index contributed by atoms with van der Waals surface area (Å²) in [6.07, 6.45) is 2.97. The fraction of sp³-hybridized carbons (Fsp3) is 0.353. The van der Waals surface area contributed by atoms with Crippen LogP contribution < -0.4 is 0 Å². The van der Waals surface area contributed by atoms with Crippen molar-refractivity contribution in [2.24, 2.45) is 0 Å². The molecule has 5 nitrogen and oxygen atoms in total. The highest BCUT2D eigenvalue weighted by Gasteiger charge is 2.18. The highest BCUT2D eigenvalue weighted by atomic mass is 16.6. The standard InChI is InChI=1S/C17H20N2O3/c1-17(2,3)22-16(21)12-19(4)15(20)9-8-13-6-5-7-14(10-13)11-18/h5-10H,12H2,1-4H3/b9-8+. The predicted octanol–water partition coefficient (Wildman–Crippen LogP) is 2.37. The molecule has 1 aromatic carbocycles. The van der Waals surface area contributed by atoms with Gasteiger partial charge in [-0.3, -0.25) is 9.59 Å². The summed E-state index contributed by atoms with van der Waals surface area (Å²) in [7, 11) is 1.53. The zero-order valence-electron chi connectivity index (χ0n) is 13.3. The fourth-order valence-electron chi connectivity index (χ4n) is 1.65. The molecule has 0 unspecified atom stereocenters. The van der Waals surface area contributed by atoms with Crippen LogP contribution in [0.2, 0.25) is 0 Å². The first-order valence-corrected chi connectivity index (χ1v) is 6.86. The smallest absolute Gasteiger partial charge is 0.326 e. The van der Waals surface area contributed by atoms with Gasteiger partial charge in [0.2, 0.25) is 5.91 Å². The molecule has 0 heterocycles. The van der Waals surface area contributed by atoms with E-state index in [-0.39, 0.29) is 12.5 Å². The number of benzene rings is 1. The van der Waals surface area contributed by atoms with Crippen molar-refractivity contribution in [3.05, 3.63) is 41.5 Å². The molecule has 0 aliphatic heterocycles. The summed E-state index contributed by atoms with van der Waals surface area (Å²) >= 11 is 0. The number of likely N-dealkylation sites (N-methyl/N-ethyl adjacent to an activating group) is 1. The summed E-state index contributed by atoms with van der Waals surface area (Å²) in [4.78, 5) is 24.9. The molecule has 0 radical (unpaired) electrons. The van der Waals surface area contributed by atoms with Crippen molar-refractivity contribution in [3.63, 3.8) is 0 Å². The summed E-state index contributed by atoms with van der Waals surface area (Å²) in [6, 6.07) is 8.93. The fourth-order valence-corrected chi connectivity index (χ4v) is 1.65. The highest BCUT2D eigenvalue weighted by molar-refractivity contribution is 5.93. The normalized spacial score (nSPS) is 11.0. The molecule has 0 spiro atoms. The maximum absolute atomic E-state index is 11.9. The van der Waals surface area contributed by atoms with Crippen LogP contribution in [-0.4, -0.2) is 36.0 Å². The first-order chi connectivity index (χ1) is 10.2. The number of nitrogens with zero attached hydrogens (tertiary/aromatic N) is 2. The first-order valence-electron chi connectivity index (χ1n) is 6.86. The van der Waals surface area contributed by atoms with Gasteiger partial charge < -0.3 is 9.64 Å². The van der Waals surface area contributed by atoms with Gasteiger partial charge in [-0.05, 0) is 44.5 Å². The summed E-state index contributed by atoms with van der Waals surface area (Å²) in [5.41, 5.74) is 0.698. The van der Waals surface area contributed by atoms with E-state index in [0.717, 1.165) is 5.56 Å². The number of nitriles is 1. The number of amides is 1. The van der Waals surface area contributed by atoms with Gasteiger partial charge in [0.05, 0.1) is 11.6 Å². The van der Waals surface area contributed by atoms with Gasteiger partial charge in [-0.25, -0.2) is 0 Å². The van der Waals surface area contributed by atoms with E-state index in [9.17, 15) is 9.59 Å². The Morgan fingerprint density at radius 3 is 2.64 bits per heavy atom. The van der Waals surface area contributed by atoms with E-state index in [2.05, 4.69) is 0 Å². The van der Waals surface area contributed by atoms with Crippen molar-refractivity contribution in [1.82, 2.24) is 4.90 Å². The third kappa shape index (κ3) is 6.23. The third-order valence-corrected chi connectivity index (χ3v) is 2.60. The highest BCUT2D eigenvalue weighted by Crippen LogP contribution is 2.08. The molecule has 116 valence electrons. The third-order valence-electron chi connectivity index (χ3n) is 2.60. The largest absolute Gasteiger partial charge is 0.459 e. The Morgan fingerprint density at radius 1 is 1.36 bits per heavy atom. The van der Waals surface area contributed by atoms with Gasteiger partial charge in [0.1, 0.15) is 12.1 Å². The lowest BCUT2D eigenvalue weighted by molar-refractivity contribution is -0.157. The van der Waals surface area contributed by atoms with Gasteiger partial charge >= 0.3 is 5.97 Å². The number of carbonyl (C=O) groups excluding carboxylic acids is 2. The van der Waals surface area contributed by atoms with Crippen molar-refractivity contribution in [2.75, 3.05) is 13.6 Å². The van der Waals surface area contributed by atoms with E-state index in [0.29, 0.717) is 5.56 Å². The SMILES string of the molecule is CN(CC(=O)OC(C)(C)C)C(=O)/C=C/c1cccc(C#N)c1. The molecule has 5 heteroatoms. The minimum Gasteiger partial charge on any atom is -0.459 e. The summed E-state index contributed by atoms with van der Waals surface area (Å²) in [6.45, 7) is 5.21. The molecular formula is C17H20N2O3. The van der Waals surface area contributed by atoms with Crippen LogP contribution in [-0.2, 0) is 14.3 Å². The van der Waals surface area contributed by atoms with Gasteiger partial charge in [-0.1, -0.05) is 12.1 Å². The molecule has 0 fully saturated rings. The van der Waals surface area contributed by atoms with E-state index >= 15 is 0 Å².